The topological polar surface area (TPSA) is 67.0 Å². The molecule has 0 aliphatic heterocycles. The molecule has 5 nitrogen and oxygen atoms in total. The number of hydrogen-bond donors (Lipinski definition) is 1. The number of hydrogen-bond acceptors (Lipinski definition) is 3. The number of alkyl halides is 1. The summed E-state index contributed by atoms with van der Waals surface area (Å²) in [5, 5.41) is 13.4. The molecule has 0 unspecified atom stereocenters. The van der Waals surface area contributed by atoms with Crippen molar-refractivity contribution >= 4 is 22.5 Å². The van der Waals surface area contributed by atoms with Crippen LogP contribution in [0.25, 0.3) is 22.2 Å². The maximum absolute atomic E-state index is 12.4. The zero-order chi connectivity index (χ0) is 20.4. The number of fused-ring (bicyclic) bond motifs is 1. The molecule has 2 aromatic carbocycles. The van der Waals surface area contributed by atoms with Crippen LogP contribution in [0.3, 0.4) is 0 Å². The van der Waals surface area contributed by atoms with E-state index in [0.29, 0.717) is 23.9 Å². The van der Waals surface area contributed by atoms with Crippen molar-refractivity contribution in [3.05, 3.63) is 48.0 Å². The Morgan fingerprint density at radius 3 is 2.62 bits per heavy atom. The molecule has 6 heteroatoms. The molecule has 1 aliphatic carbocycles. The van der Waals surface area contributed by atoms with Gasteiger partial charge < -0.3 is 14.6 Å². The predicted molar refractivity (Wildman–Crippen MR) is 111 cm³/mol. The number of nitrogens with one attached hydrogen (secondary N) is 1. The Labute approximate surface area is 168 Å². The highest BCUT2D eigenvalue weighted by Crippen LogP contribution is 2.43. The van der Waals surface area contributed by atoms with Gasteiger partial charge in [-0.05, 0) is 56.0 Å². The normalized spacial score (nSPS) is 13.7. The Morgan fingerprint density at radius 1 is 1.28 bits per heavy atom. The van der Waals surface area contributed by atoms with Crippen LogP contribution in [-0.4, -0.2) is 23.8 Å². The highest BCUT2D eigenvalue weighted by Gasteiger charge is 2.28. The summed E-state index contributed by atoms with van der Waals surface area (Å²) in [6, 6.07) is 15.8. The van der Waals surface area contributed by atoms with Gasteiger partial charge in [0.2, 0.25) is 0 Å². The number of anilines is 1. The van der Waals surface area contributed by atoms with Gasteiger partial charge in [-0.15, -0.1) is 0 Å². The molecule has 0 atom stereocenters. The standard InChI is InChI=1S/C23H22FN3O2/c1-2-29-18-10-11-19-20(14-25)23(27(21(19)12-18)17-4-3-5-17)15-6-8-16(9-7-15)26-22(28)13-24/h6-12,17H,2-5,13H2,1H3,(H,26,28). The Kier molecular flexibility index (Phi) is 5.22. The summed E-state index contributed by atoms with van der Waals surface area (Å²) in [5.74, 6) is 0.112. The van der Waals surface area contributed by atoms with Gasteiger partial charge >= 0.3 is 0 Å². The van der Waals surface area contributed by atoms with Crippen molar-refractivity contribution < 1.29 is 13.9 Å². The van der Waals surface area contributed by atoms with Gasteiger partial charge in [0.15, 0.2) is 6.67 Å². The summed E-state index contributed by atoms with van der Waals surface area (Å²) in [4.78, 5) is 11.3. The smallest absolute Gasteiger partial charge is 0.255 e. The van der Waals surface area contributed by atoms with Gasteiger partial charge in [-0.2, -0.15) is 5.26 Å². The summed E-state index contributed by atoms with van der Waals surface area (Å²) < 4.78 is 20.4. The molecule has 1 amide bonds. The van der Waals surface area contributed by atoms with Gasteiger partial charge in [-0.1, -0.05) is 12.1 Å². The largest absolute Gasteiger partial charge is 0.494 e. The van der Waals surface area contributed by atoms with Gasteiger partial charge in [0.1, 0.15) is 11.8 Å². The Balaban J connectivity index is 1.86. The number of carbonyl (C=O) groups excluding carboxylic acids is 1. The molecular weight excluding hydrogens is 369 g/mol. The van der Waals surface area contributed by atoms with Crippen molar-refractivity contribution in [2.75, 3.05) is 18.6 Å². The van der Waals surface area contributed by atoms with Crippen LogP contribution < -0.4 is 10.1 Å². The van der Waals surface area contributed by atoms with Gasteiger partial charge in [0, 0.05) is 23.2 Å². The van der Waals surface area contributed by atoms with Gasteiger partial charge in [0.25, 0.3) is 5.91 Å². The molecule has 1 aliphatic rings. The third-order valence-electron chi connectivity index (χ3n) is 5.40. The molecule has 0 spiro atoms. The van der Waals surface area contributed by atoms with Crippen molar-refractivity contribution in [2.24, 2.45) is 0 Å². The quantitative estimate of drug-likeness (QED) is 0.627. The molecule has 0 bridgehead atoms. The predicted octanol–water partition coefficient (Wildman–Crippen LogP) is 5.21. The summed E-state index contributed by atoms with van der Waals surface area (Å²) in [7, 11) is 0. The van der Waals surface area contributed by atoms with E-state index in [1.807, 2.05) is 37.3 Å². The number of ether oxygens (including phenoxy) is 1. The lowest BCUT2D eigenvalue weighted by molar-refractivity contribution is -0.117. The highest BCUT2D eigenvalue weighted by atomic mass is 19.1. The molecule has 0 radical (unpaired) electrons. The van der Waals surface area contributed by atoms with Crippen LogP contribution in [-0.2, 0) is 4.79 Å². The number of rotatable bonds is 6. The summed E-state index contributed by atoms with van der Waals surface area (Å²) in [5.41, 5.74) is 3.93. The first-order valence-electron chi connectivity index (χ1n) is 9.83. The second-order valence-corrected chi connectivity index (χ2v) is 7.16. The van der Waals surface area contributed by atoms with E-state index in [1.165, 1.54) is 6.42 Å². The zero-order valence-electron chi connectivity index (χ0n) is 16.2. The first kappa shape index (κ1) is 19.0. The lowest BCUT2D eigenvalue weighted by Crippen LogP contribution is -2.18. The first-order valence-corrected chi connectivity index (χ1v) is 9.83. The fourth-order valence-electron chi connectivity index (χ4n) is 3.87. The number of benzene rings is 2. The number of aromatic nitrogens is 1. The molecule has 3 aromatic rings. The van der Waals surface area contributed by atoms with Crippen molar-refractivity contribution in [1.82, 2.24) is 4.57 Å². The van der Waals surface area contributed by atoms with Crippen molar-refractivity contribution in [1.29, 1.82) is 5.26 Å². The average molecular weight is 391 g/mol. The minimum Gasteiger partial charge on any atom is -0.494 e. The maximum Gasteiger partial charge on any atom is 0.255 e. The monoisotopic (exact) mass is 391 g/mol. The number of amides is 1. The van der Waals surface area contributed by atoms with Crippen LogP contribution in [0.15, 0.2) is 42.5 Å². The van der Waals surface area contributed by atoms with Crippen molar-refractivity contribution in [3.8, 4) is 23.1 Å². The fraction of sp³-hybridized carbons (Fsp3) is 0.304. The molecule has 1 fully saturated rings. The van der Waals surface area contributed by atoms with Crippen LogP contribution >= 0.6 is 0 Å². The van der Waals surface area contributed by atoms with E-state index in [9.17, 15) is 14.4 Å². The SMILES string of the molecule is CCOc1ccc2c(C#N)c(-c3ccc(NC(=O)CF)cc3)n(C3CCC3)c2c1. The Bertz CT molecular complexity index is 1090. The van der Waals surface area contributed by atoms with Gasteiger partial charge in [-0.3, -0.25) is 4.79 Å². The van der Waals surface area contributed by atoms with Gasteiger partial charge in [-0.25, -0.2) is 4.39 Å². The van der Waals surface area contributed by atoms with Crippen LogP contribution in [0.4, 0.5) is 10.1 Å². The fourth-order valence-corrected chi connectivity index (χ4v) is 3.87. The lowest BCUT2D eigenvalue weighted by Gasteiger charge is -2.30. The number of nitriles is 1. The Morgan fingerprint density at radius 2 is 2.03 bits per heavy atom. The maximum atomic E-state index is 12.4. The highest BCUT2D eigenvalue weighted by molar-refractivity contribution is 5.96. The van der Waals surface area contributed by atoms with E-state index >= 15 is 0 Å². The first-order chi connectivity index (χ1) is 14.2. The van der Waals surface area contributed by atoms with Gasteiger partial charge in [0.05, 0.1) is 23.4 Å². The summed E-state index contributed by atoms with van der Waals surface area (Å²) >= 11 is 0. The second-order valence-electron chi connectivity index (χ2n) is 7.16. The van der Waals surface area contributed by atoms with Crippen LogP contribution in [0.5, 0.6) is 5.75 Å². The van der Waals surface area contributed by atoms with E-state index in [1.54, 1.807) is 12.1 Å². The van der Waals surface area contributed by atoms with E-state index in [2.05, 4.69) is 16.0 Å². The van der Waals surface area contributed by atoms with E-state index in [-0.39, 0.29) is 0 Å². The minimum absolute atomic E-state index is 0.345. The van der Waals surface area contributed by atoms with E-state index < -0.39 is 12.6 Å². The van der Waals surface area contributed by atoms with Crippen molar-refractivity contribution in [3.63, 3.8) is 0 Å². The average Bonchev–Trinajstić information content (AvgIpc) is 3.01. The molecule has 0 saturated heterocycles. The third kappa shape index (κ3) is 3.44. The molecule has 29 heavy (non-hydrogen) atoms. The molecule has 1 heterocycles. The van der Waals surface area contributed by atoms with E-state index in [0.717, 1.165) is 40.8 Å². The second kappa shape index (κ2) is 7.96. The molecular formula is C23H22FN3O2. The number of carbonyl (C=O) groups is 1. The number of nitrogens with zero attached hydrogens (tertiary/aromatic N) is 2. The molecule has 1 N–H and O–H groups in total. The third-order valence-corrected chi connectivity index (χ3v) is 5.40. The number of halogens is 1. The Hall–Kier alpha value is -3.33. The van der Waals surface area contributed by atoms with Crippen LogP contribution in [0, 0.1) is 11.3 Å². The molecule has 148 valence electrons. The summed E-state index contributed by atoms with van der Waals surface area (Å²) in [6.45, 7) is 1.47. The zero-order valence-corrected chi connectivity index (χ0v) is 16.2. The molecule has 1 aromatic heterocycles. The molecule has 1 saturated carbocycles. The lowest BCUT2D eigenvalue weighted by atomic mass is 9.92. The minimum atomic E-state index is -1.06. The van der Waals surface area contributed by atoms with Crippen LogP contribution in [0.1, 0.15) is 37.8 Å². The van der Waals surface area contributed by atoms with Crippen molar-refractivity contribution in [2.45, 2.75) is 32.2 Å². The molecule has 4 rings (SSSR count). The summed E-state index contributed by atoms with van der Waals surface area (Å²) in [6.07, 6.45) is 3.32. The van der Waals surface area contributed by atoms with Crippen LogP contribution in [0.2, 0.25) is 0 Å². The van der Waals surface area contributed by atoms with E-state index in [4.69, 9.17) is 4.74 Å².